The lowest BCUT2D eigenvalue weighted by Gasteiger charge is -2.33. The SMILES string of the molecule is O=C(c1ccccc1F)N1CCC(Nc2ccccc2Br)CC1. The first kappa shape index (κ1) is 16.0. The highest BCUT2D eigenvalue weighted by molar-refractivity contribution is 9.10. The van der Waals surface area contributed by atoms with Gasteiger partial charge in [0.25, 0.3) is 5.91 Å². The molecule has 0 aliphatic carbocycles. The van der Waals surface area contributed by atoms with Crippen LogP contribution < -0.4 is 5.32 Å². The second kappa shape index (κ2) is 7.13. The minimum atomic E-state index is -0.453. The van der Waals surface area contributed by atoms with E-state index < -0.39 is 5.82 Å². The summed E-state index contributed by atoms with van der Waals surface area (Å²) in [5.74, 6) is -0.673. The zero-order valence-corrected chi connectivity index (χ0v) is 14.2. The number of hydrogen-bond donors (Lipinski definition) is 1. The van der Waals surface area contributed by atoms with Crippen molar-refractivity contribution in [1.29, 1.82) is 0 Å². The number of rotatable bonds is 3. The van der Waals surface area contributed by atoms with Crippen LogP contribution in [0.5, 0.6) is 0 Å². The number of nitrogens with one attached hydrogen (secondary N) is 1. The zero-order chi connectivity index (χ0) is 16.2. The number of amides is 1. The largest absolute Gasteiger partial charge is 0.381 e. The lowest BCUT2D eigenvalue weighted by atomic mass is 10.0. The highest BCUT2D eigenvalue weighted by atomic mass is 79.9. The summed E-state index contributed by atoms with van der Waals surface area (Å²) in [5, 5.41) is 3.50. The van der Waals surface area contributed by atoms with E-state index in [4.69, 9.17) is 0 Å². The Morgan fingerprint density at radius 3 is 2.43 bits per heavy atom. The summed E-state index contributed by atoms with van der Waals surface area (Å²) in [5.41, 5.74) is 1.22. The molecule has 0 aromatic heterocycles. The van der Waals surface area contributed by atoms with Gasteiger partial charge in [-0.15, -0.1) is 0 Å². The first-order valence-corrected chi connectivity index (χ1v) is 8.49. The van der Waals surface area contributed by atoms with Crippen LogP contribution in [0.15, 0.2) is 53.0 Å². The Bertz CT molecular complexity index is 699. The van der Waals surface area contributed by atoms with Crippen molar-refractivity contribution in [1.82, 2.24) is 4.90 Å². The monoisotopic (exact) mass is 376 g/mol. The third-order valence-corrected chi connectivity index (χ3v) is 4.81. The number of para-hydroxylation sites is 1. The second-order valence-corrected chi connectivity index (χ2v) is 6.52. The molecule has 2 aromatic rings. The first-order chi connectivity index (χ1) is 11.1. The molecule has 0 spiro atoms. The van der Waals surface area contributed by atoms with E-state index >= 15 is 0 Å². The number of likely N-dealkylation sites (tertiary alicyclic amines) is 1. The molecule has 3 rings (SSSR count). The maximum absolute atomic E-state index is 13.7. The molecule has 1 heterocycles. The van der Waals surface area contributed by atoms with Crippen LogP contribution in [0.1, 0.15) is 23.2 Å². The van der Waals surface area contributed by atoms with Crippen LogP contribution in [-0.2, 0) is 0 Å². The molecule has 0 radical (unpaired) electrons. The zero-order valence-electron chi connectivity index (χ0n) is 12.6. The van der Waals surface area contributed by atoms with E-state index in [0.717, 1.165) is 23.0 Å². The maximum Gasteiger partial charge on any atom is 0.256 e. The van der Waals surface area contributed by atoms with E-state index in [1.807, 2.05) is 24.3 Å². The summed E-state index contributed by atoms with van der Waals surface area (Å²) < 4.78 is 14.8. The van der Waals surface area contributed by atoms with Crippen molar-refractivity contribution in [2.45, 2.75) is 18.9 Å². The molecular weight excluding hydrogens is 359 g/mol. The lowest BCUT2D eigenvalue weighted by Crippen LogP contribution is -2.42. The molecule has 23 heavy (non-hydrogen) atoms. The standard InChI is InChI=1S/C18H18BrFN2O/c19-15-6-2-4-8-17(15)21-13-9-11-22(12-10-13)18(23)14-5-1-3-7-16(14)20/h1-8,13,21H,9-12H2. The second-order valence-electron chi connectivity index (χ2n) is 5.67. The molecule has 0 saturated carbocycles. The molecule has 0 atom stereocenters. The van der Waals surface area contributed by atoms with Gasteiger partial charge >= 0.3 is 0 Å². The summed E-state index contributed by atoms with van der Waals surface area (Å²) in [7, 11) is 0. The Kier molecular flexibility index (Phi) is 4.96. The molecule has 120 valence electrons. The Hall–Kier alpha value is -1.88. The van der Waals surface area contributed by atoms with Crippen LogP contribution in [0.3, 0.4) is 0 Å². The highest BCUT2D eigenvalue weighted by Crippen LogP contribution is 2.25. The van der Waals surface area contributed by atoms with Crippen molar-refractivity contribution in [3.63, 3.8) is 0 Å². The summed E-state index contributed by atoms with van der Waals surface area (Å²) in [4.78, 5) is 14.1. The van der Waals surface area contributed by atoms with Gasteiger partial charge < -0.3 is 10.2 Å². The Labute approximate surface area is 143 Å². The van der Waals surface area contributed by atoms with Crippen LogP contribution in [0.4, 0.5) is 10.1 Å². The van der Waals surface area contributed by atoms with Crippen molar-refractivity contribution in [3.8, 4) is 0 Å². The molecular formula is C18H18BrFN2O. The molecule has 2 aromatic carbocycles. The van der Waals surface area contributed by atoms with Crippen LogP contribution in [0.25, 0.3) is 0 Å². The third-order valence-electron chi connectivity index (χ3n) is 4.12. The summed E-state index contributed by atoms with van der Waals surface area (Å²) in [6.07, 6.45) is 1.70. The molecule has 1 aliphatic rings. The number of carbonyl (C=O) groups excluding carboxylic acids is 1. The van der Waals surface area contributed by atoms with Gasteiger partial charge in [-0.3, -0.25) is 4.79 Å². The van der Waals surface area contributed by atoms with E-state index in [0.29, 0.717) is 19.1 Å². The van der Waals surface area contributed by atoms with E-state index in [1.54, 1.807) is 23.1 Å². The molecule has 1 N–H and O–H groups in total. The fourth-order valence-electron chi connectivity index (χ4n) is 2.83. The van der Waals surface area contributed by atoms with Gasteiger partial charge in [0, 0.05) is 29.3 Å². The van der Waals surface area contributed by atoms with Crippen LogP contribution in [-0.4, -0.2) is 29.9 Å². The minimum absolute atomic E-state index is 0.157. The van der Waals surface area contributed by atoms with Crippen molar-refractivity contribution in [2.24, 2.45) is 0 Å². The molecule has 0 unspecified atom stereocenters. The third kappa shape index (κ3) is 3.72. The number of benzene rings is 2. The van der Waals surface area contributed by atoms with Gasteiger partial charge in [-0.2, -0.15) is 0 Å². The minimum Gasteiger partial charge on any atom is -0.381 e. The Morgan fingerprint density at radius 1 is 1.09 bits per heavy atom. The lowest BCUT2D eigenvalue weighted by molar-refractivity contribution is 0.0714. The fraction of sp³-hybridized carbons (Fsp3) is 0.278. The van der Waals surface area contributed by atoms with E-state index in [2.05, 4.69) is 21.2 Å². The summed E-state index contributed by atoms with van der Waals surface area (Å²) in [6.45, 7) is 1.27. The van der Waals surface area contributed by atoms with Gasteiger partial charge in [0.2, 0.25) is 0 Å². The average molecular weight is 377 g/mol. The normalized spacial score (nSPS) is 15.5. The van der Waals surface area contributed by atoms with Crippen molar-refractivity contribution in [2.75, 3.05) is 18.4 Å². The number of carbonyl (C=O) groups is 1. The average Bonchev–Trinajstić information content (AvgIpc) is 2.57. The predicted molar refractivity (Wildman–Crippen MR) is 93.1 cm³/mol. The summed E-state index contributed by atoms with van der Waals surface area (Å²) >= 11 is 3.53. The van der Waals surface area contributed by atoms with Crippen molar-refractivity contribution < 1.29 is 9.18 Å². The van der Waals surface area contributed by atoms with E-state index in [-0.39, 0.29) is 11.5 Å². The van der Waals surface area contributed by atoms with Crippen molar-refractivity contribution >= 4 is 27.5 Å². The Balaban J connectivity index is 1.59. The van der Waals surface area contributed by atoms with E-state index in [1.165, 1.54) is 6.07 Å². The number of hydrogen-bond acceptors (Lipinski definition) is 2. The highest BCUT2D eigenvalue weighted by Gasteiger charge is 2.25. The van der Waals surface area contributed by atoms with Gasteiger partial charge in [-0.25, -0.2) is 4.39 Å². The van der Waals surface area contributed by atoms with Crippen molar-refractivity contribution in [3.05, 3.63) is 64.4 Å². The number of nitrogens with zero attached hydrogens (tertiary/aromatic N) is 1. The Morgan fingerprint density at radius 2 is 1.74 bits per heavy atom. The van der Waals surface area contributed by atoms with Crippen LogP contribution >= 0.6 is 15.9 Å². The van der Waals surface area contributed by atoms with Gasteiger partial charge in [-0.05, 0) is 53.0 Å². The molecule has 1 aliphatic heterocycles. The van der Waals surface area contributed by atoms with E-state index in [9.17, 15) is 9.18 Å². The predicted octanol–water partition coefficient (Wildman–Crippen LogP) is 4.30. The molecule has 1 amide bonds. The van der Waals surface area contributed by atoms with Crippen LogP contribution in [0, 0.1) is 5.82 Å². The topological polar surface area (TPSA) is 32.3 Å². The quantitative estimate of drug-likeness (QED) is 0.865. The van der Waals surface area contributed by atoms with Gasteiger partial charge in [0.15, 0.2) is 0 Å². The summed E-state index contributed by atoms with van der Waals surface area (Å²) in [6, 6.07) is 14.5. The van der Waals surface area contributed by atoms with Gasteiger partial charge in [0.05, 0.1) is 5.56 Å². The number of anilines is 1. The number of piperidine rings is 1. The maximum atomic E-state index is 13.7. The first-order valence-electron chi connectivity index (χ1n) is 7.70. The molecule has 1 fully saturated rings. The van der Waals surface area contributed by atoms with Gasteiger partial charge in [0.1, 0.15) is 5.82 Å². The smallest absolute Gasteiger partial charge is 0.256 e. The fourth-order valence-corrected chi connectivity index (χ4v) is 3.23. The molecule has 1 saturated heterocycles. The molecule has 5 heteroatoms. The molecule has 3 nitrogen and oxygen atoms in total. The molecule has 0 bridgehead atoms. The van der Waals surface area contributed by atoms with Crippen LogP contribution in [0.2, 0.25) is 0 Å². The van der Waals surface area contributed by atoms with Gasteiger partial charge in [-0.1, -0.05) is 24.3 Å². The number of halogens is 2.